The maximum atomic E-state index is 13.5. The molecule has 110 valence electrons. The third-order valence-corrected chi connectivity index (χ3v) is 4.10. The first-order chi connectivity index (χ1) is 10.1. The molecule has 4 nitrogen and oxygen atoms in total. The van der Waals surface area contributed by atoms with Crippen LogP contribution in [0.15, 0.2) is 18.2 Å². The van der Waals surface area contributed by atoms with Crippen LogP contribution in [0.4, 0.5) is 4.39 Å². The van der Waals surface area contributed by atoms with Crippen LogP contribution in [0.3, 0.4) is 0 Å². The highest BCUT2D eigenvalue weighted by atomic mass is 19.1. The summed E-state index contributed by atoms with van der Waals surface area (Å²) in [7, 11) is -1.79. The van der Waals surface area contributed by atoms with Gasteiger partial charge in [0, 0.05) is 17.7 Å². The van der Waals surface area contributed by atoms with E-state index >= 15 is 0 Å². The number of hydrogen-bond donors (Lipinski definition) is 2. The molecule has 0 radical (unpaired) electrons. The van der Waals surface area contributed by atoms with E-state index in [1.807, 2.05) is 6.92 Å². The van der Waals surface area contributed by atoms with Crippen molar-refractivity contribution in [3.8, 4) is 0 Å². The van der Waals surface area contributed by atoms with Gasteiger partial charge in [-0.3, -0.25) is 0 Å². The highest BCUT2D eigenvalue weighted by Crippen LogP contribution is 2.23. The van der Waals surface area contributed by atoms with E-state index in [2.05, 4.69) is 9.55 Å². The van der Waals surface area contributed by atoms with E-state index in [0.29, 0.717) is 6.54 Å². The molecular weight excluding hydrogens is 270 g/mol. The summed E-state index contributed by atoms with van der Waals surface area (Å²) in [5, 5.41) is 18.4. The van der Waals surface area contributed by atoms with Gasteiger partial charge in [0.15, 0.2) is 0 Å². The third kappa shape index (κ3) is 2.73. The highest BCUT2D eigenvalue weighted by Gasteiger charge is 2.20. The van der Waals surface area contributed by atoms with Crippen molar-refractivity contribution < 1.29 is 14.4 Å². The molecule has 1 heterocycles. The molecule has 1 aliphatic rings. The van der Waals surface area contributed by atoms with E-state index in [9.17, 15) is 14.4 Å². The van der Waals surface area contributed by atoms with Gasteiger partial charge in [-0.25, -0.2) is 9.37 Å². The first-order valence-electron chi connectivity index (χ1n) is 7.25. The largest absolute Gasteiger partial charge is 0.491 e. The topological polar surface area (TPSA) is 58.3 Å². The molecule has 0 atom stereocenters. The molecule has 1 aromatic heterocycles. The minimum atomic E-state index is -1.79. The predicted molar refractivity (Wildman–Crippen MR) is 78.9 cm³/mol. The molecule has 0 spiro atoms. The molecule has 21 heavy (non-hydrogen) atoms. The molecule has 2 N–H and O–H groups in total. The van der Waals surface area contributed by atoms with Crippen LogP contribution in [0.2, 0.25) is 0 Å². The van der Waals surface area contributed by atoms with Gasteiger partial charge in [0.05, 0.1) is 5.69 Å². The van der Waals surface area contributed by atoms with E-state index in [4.69, 9.17) is 0 Å². The Hall–Kier alpha value is -1.66. The molecule has 0 aliphatic heterocycles. The van der Waals surface area contributed by atoms with Crippen molar-refractivity contribution in [1.82, 2.24) is 9.55 Å². The average molecular weight is 288 g/mol. The number of fused-ring (bicyclic) bond motifs is 1. The number of imidazole rings is 1. The van der Waals surface area contributed by atoms with Crippen LogP contribution in [0, 0.1) is 12.7 Å². The zero-order valence-corrected chi connectivity index (χ0v) is 12.0. The van der Waals surface area contributed by atoms with Crippen LogP contribution in [-0.2, 0) is 19.4 Å². The fourth-order valence-corrected chi connectivity index (χ4v) is 3.02. The summed E-state index contributed by atoms with van der Waals surface area (Å²) in [5.41, 5.74) is 3.19. The third-order valence-electron chi connectivity index (χ3n) is 4.10. The lowest BCUT2D eigenvalue weighted by Gasteiger charge is -2.15. The van der Waals surface area contributed by atoms with Crippen LogP contribution in [0.1, 0.15) is 35.6 Å². The minimum absolute atomic E-state index is 0.0841. The van der Waals surface area contributed by atoms with Crippen molar-refractivity contribution in [2.24, 2.45) is 0 Å². The summed E-state index contributed by atoms with van der Waals surface area (Å²) in [6, 6.07) is 4.47. The van der Waals surface area contributed by atoms with Gasteiger partial charge in [-0.2, -0.15) is 0 Å². The molecule has 1 aliphatic carbocycles. The maximum absolute atomic E-state index is 13.5. The lowest BCUT2D eigenvalue weighted by Crippen LogP contribution is -2.33. The summed E-state index contributed by atoms with van der Waals surface area (Å²) in [5.74, 6) is 0.357. The smallest absolute Gasteiger partial charge is 0.423 e. The molecule has 0 fully saturated rings. The number of nitrogens with zero attached hydrogens (tertiary/aromatic N) is 2. The van der Waals surface area contributed by atoms with Crippen molar-refractivity contribution in [2.75, 3.05) is 0 Å². The van der Waals surface area contributed by atoms with Crippen molar-refractivity contribution >= 4 is 12.6 Å². The Morgan fingerprint density at radius 1 is 1.29 bits per heavy atom. The first kappa shape index (κ1) is 14.3. The zero-order chi connectivity index (χ0) is 15.0. The first-order valence-corrected chi connectivity index (χ1v) is 7.25. The van der Waals surface area contributed by atoms with E-state index in [1.165, 1.54) is 36.4 Å². The van der Waals surface area contributed by atoms with Crippen LogP contribution in [0.5, 0.6) is 0 Å². The standard InChI is InChI=1S/C15H18BFN2O2/c1-10-18-14-4-2-3-5-15(14)19(10)9-11-6-7-13(17)12(8-11)16(20)21/h6-8,20-21H,2-5,9H2,1H3. The molecule has 1 aromatic carbocycles. The van der Waals surface area contributed by atoms with Gasteiger partial charge >= 0.3 is 7.12 Å². The monoisotopic (exact) mass is 288 g/mol. The molecule has 0 saturated heterocycles. The van der Waals surface area contributed by atoms with Gasteiger partial charge in [-0.15, -0.1) is 0 Å². The molecule has 0 amide bonds. The van der Waals surface area contributed by atoms with Crippen LogP contribution in [-0.4, -0.2) is 26.7 Å². The Morgan fingerprint density at radius 2 is 2.05 bits per heavy atom. The van der Waals surface area contributed by atoms with Crippen molar-refractivity contribution in [1.29, 1.82) is 0 Å². The Kier molecular flexibility index (Phi) is 3.82. The van der Waals surface area contributed by atoms with Crippen LogP contribution in [0.25, 0.3) is 0 Å². The lowest BCUT2D eigenvalue weighted by atomic mass is 9.79. The summed E-state index contributed by atoms with van der Waals surface area (Å²) in [6.45, 7) is 2.55. The maximum Gasteiger partial charge on any atom is 0.491 e. The normalized spacial score (nSPS) is 14.1. The van der Waals surface area contributed by atoms with Crippen LogP contribution < -0.4 is 5.46 Å². The van der Waals surface area contributed by atoms with Crippen molar-refractivity contribution in [3.63, 3.8) is 0 Å². The predicted octanol–water partition coefficient (Wildman–Crippen LogP) is 0.938. The molecule has 6 heteroatoms. The fourth-order valence-electron chi connectivity index (χ4n) is 3.02. The minimum Gasteiger partial charge on any atom is -0.423 e. The molecule has 3 rings (SSSR count). The van der Waals surface area contributed by atoms with Crippen molar-refractivity contribution in [2.45, 2.75) is 39.2 Å². The number of benzene rings is 1. The number of rotatable bonds is 3. The molecule has 0 saturated carbocycles. The lowest BCUT2D eigenvalue weighted by molar-refractivity contribution is 0.423. The molecule has 0 unspecified atom stereocenters. The second kappa shape index (κ2) is 5.62. The van der Waals surface area contributed by atoms with Crippen LogP contribution >= 0.6 is 0 Å². The van der Waals surface area contributed by atoms with Crippen molar-refractivity contribution in [3.05, 3.63) is 46.8 Å². The molecular formula is C15H18BFN2O2. The molecule has 2 aromatic rings. The second-order valence-electron chi connectivity index (χ2n) is 5.58. The highest BCUT2D eigenvalue weighted by molar-refractivity contribution is 6.58. The molecule has 0 bridgehead atoms. The van der Waals surface area contributed by atoms with Gasteiger partial charge < -0.3 is 14.6 Å². The number of aromatic nitrogens is 2. The Bertz CT molecular complexity index is 670. The zero-order valence-electron chi connectivity index (χ0n) is 12.0. The summed E-state index contributed by atoms with van der Waals surface area (Å²) >= 11 is 0. The second-order valence-corrected chi connectivity index (χ2v) is 5.58. The Labute approximate surface area is 123 Å². The Morgan fingerprint density at radius 3 is 2.81 bits per heavy atom. The SMILES string of the molecule is Cc1nc2c(n1Cc1ccc(F)c(B(O)O)c1)CCCC2. The van der Waals surface area contributed by atoms with Gasteiger partial charge in [0.2, 0.25) is 0 Å². The summed E-state index contributed by atoms with van der Waals surface area (Å²) < 4.78 is 15.7. The number of aryl methyl sites for hydroxylation is 2. The van der Waals surface area contributed by atoms with E-state index < -0.39 is 12.9 Å². The quantitative estimate of drug-likeness (QED) is 0.826. The van der Waals surface area contributed by atoms with Gasteiger partial charge in [-0.1, -0.05) is 12.1 Å². The average Bonchev–Trinajstić information content (AvgIpc) is 2.77. The number of halogens is 1. The summed E-state index contributed by atoms with van der Waals surface area (Å²) in [6.07, 6.45) is 4.39. The van der Waals surface area contributed by atoms with Gasteiger partial charge in [-0.05, 0) is 44.2 Å². The van der Waals surface area contributed by atoms with E-state index in [1.54, 1.807) is 6.07 Å². The summed E-state index contributed by atoms with van der Waals surface area (Å²) in [4.78, 5) is 4.61. The fraction of sp³-hybridized carbons (Fsp3) is 0.400. The van der Waals surface area contributed by atoms with E-state index in [0.717, 1.165) is 24.2 Å². The van der Waals surface area contributed by atoms with Gasteiger partial charge in [0.25, 0.3) is 0 Å². The van der Waals surface area contributed by atoms with Gasteiger partial charge in [0.1, 0.15) is 11.6 Å². The number of hydrogen-bond acceptors (Lipinski definition) is 3. The Balaban J connectivity index is 1.94. The van der Waals surface area contributed by atoms with E-state index in [-0.39, 0.29) is 5.46 Å².